The van der Waals surface area contributed by atoms with Gasteiger partial charge in [-0.15, -0.1) is 0 Å². The number of nitrogens with zero attached hydrogens (tertiary/aromatic N) is 3. The first-order valence-electron chi connectivity index (χ1n) is 5.31. The third-order valence-corrected chi connectivity index (χ3v) is 3.09. The molecule has 0 amide bonds. The first-order chi connectivity index (χ1) is 8.72. The SMILES string of the molecule is O=c1c(Br)c(NCc2ccn[nH]2)cnn1CCO. The predicted octanol–water partition coefficient (Wildman–Crippen LogP) is 0.333. The zero-order chi connectivity index (χ0) is 13.0. The van der Waals surface area contributed by atoms with Gasteiger partial charge in [0.15, 0.2) is 0 Å². The monoisotopic (exact) mass is 313 g/mol. The van der Waals surface area contributed by atoms with Crippen molar-refractivity contribution >= 4 is 21.6 Å². The Morgan fingerprint density at radius 1 is 1.56 bits per heavy atom. The Labute approximate surface area is 111 Å². The molecule has 0 atom stereocenters. The molecular weight excluding hydrogens is 302 g/mol. The lowest BCUT2D eigenvalue weighted by molar-refractivity contribution is 0.266. The molecule has 7 nitrogen and oxygen atoms in total. The molecule has 2 aromatic heterocycles. The van der Waals surface area contributed by atoms with E-state index in [1.54, 1.807) is 6.20 Å². The number of aromatic amines is 1. The van der Waals surface area contributed by atoms with Crippen molar-refractivity contribution in [3.8, 4) is 0 Å². The van der Waals surface area contributed by atoms with E-state index in [2.05, 4.69) is 36.5 Å². The Balaban J connectivity index is 2.14. The summed E-state index contributed by atoms with van der Waals surface area (Å²) in [6.45, 7) is 0.572. The van der Waals surface area contributed by atoms with Crippen molar-refractivity contribution in [2.24, 2.45) is 0 Å². The fraction of sp³-hybridized carbons (Fsp3) is 0.300. The molecule has 8 heteroatoms. The van der Waals surface area contributed by atoms with Crippen LogP contribution < -0.4 is 10.9 Å². The minimum Gasteiger partial charge on any atom is -0.394 e. The number of aliphatic hydroxyl groups excluding tert-OH is 1. The van der Waals surface area contributed by atoms with Crippen molar-refractivity contribution in [2.75, 3.05) is 11.9 Å². The lowest BCUT2D eigenvalue weighted by Gasteiger charge is -2.08. The van der Waals surface area contributed by atoms with Crippen LogP contribution in [0.2, 0.25) is 0 Å². The van der Waals surface area contributed by atoms with Gasteiger partial charge in [-0.05, 0) is 22.0 Å². The summed E-state index contributed by atoms with van der Waals surface area (Å²) in [6.07, 6.45) is 3.20. The van der Waals surface area contributed by atoms with Crippen molar-refractivity contribution in [1.82, 2.24) is 20.0 Å². The van der Waals surface area contributed by atoms with Gasteiger partial charge in [0.05, 0.1) is 37.3 Å². The highest BCUT2D eigenvalue weighted by molar-refractivity contribution is 9.10. The van der Waals surface area contributed by atoms with Crippen molar-refractivity contribution in [3.63, 3.8) is 0 Å². The van der Waals surface area contributed by atoms with Crippen molar-refractivity contribution in [1.29, 1.82) is 0 Å². The first-order valence-corrected chi connectivity index (χ1v) is 6.10. The van der Waals surface area contributed by atoms with Gasteiger partial charge in [0, 0.05) is 6.20 Å². The smallest absolute Gasteiger partial charge is 0.283 e. The number of halogens is 1. The van der Waals surface area contributed by atoms with Crippen LogP contribution in [0.15, 0.2) is 27.7 Å². The summed E-state index contributed by atoms with van der Waals surface area (Å²) < 4.78 is 1.59. The summed E-state index contributed by atoms with van der Waals surface area (Å²) in [5.41, 5.74) is 1.23. The van der Waals surface area contributed by atoms with E-state index >= 15 is 0 Å². The maximum atomic E-state index is 11.8. The molecule has 2 rings (SSSR count). The van der Waals surface area contributed by atoms with E-state index in [0.717, 1.165) is 5.69 Å². The summed E-state index contributed by atoms with van der Waals surface area (Å²) in [6, 6.07) is 1.83. The van der Waals surface area contributed by atoms with Gasteiger partial charge in [-0.2, -0.15) is 10.2 Å². The second kappa shape index (κ2) is 5.78. The molecule has 0 saturated heterocycles. The predicted molar refractivity (Wildman–Crippen MR) is 69.2 cm³/mol. The number of nitrogens with one attached hydrogen (secondary N) is 2. The number of aliphatic hydroxyl groups is 1. The molecule has 0 unspecified atom stereocenters. The molecule has 18 heavy (non-hydrogen) atoms. The topological polar surface area (TPSA) is 95.8 Å². The molecule has 0 aromatic carbocycles. The summed E-state index contributed by atoms with van der Waals surface area (Å²) in [5.74, 6) is 0. The van der Waals surface area contributed by atoms with Gasteiger partial charge >= 0.3 is 0 Å². The fourth-order valence-corrected chi connectivity index (χ4v) is 1.86. The number of aromatic nitrogens is 4. The highest BCUT2D eigenvalue weighted by atomic mass is 79.9. The maximum Gasteiger partial charge on any atom is 0.283 e. The maximum absolute atomic E-state index is 11.8. The van der Waals surface area contributed by atoms with E-state index < -0.39 is 0 Å². The number of hydrogen-bond donors (Lipinski definition) is 3. The van der Waals surface area contributed by atoms with Crippen LogP contribution >= 0.6 is 15.9 Å². The largest absolute Gasteiger partial charge is 0.394 e. The minimum atomic E-state index is -0.279. The van der Waals surface area contributed by atoms with Crippen molar-refractivity contribution in [3.05, 3.63) is 39.0 Å². The number of anilines is 1. The van der Waals surface area contributed by atoms with Gasteiger partial charge in [-0.25, -0.2) is 4.68 Å². The summed E-state index contributed by atoms with van der Waals surface area (Å²) in [7, 11) is 0. The molecule has 0 aliphatic heterocycles. The van der Waals surface area contributed by atoms with Crippen LogP contribution in [0.1, 0.15) is 5.69 Å². The second-order valence-electron chi connectivity index (χ2n) is 3.56. The van der Waals surface area contributed by atoms with Crippen LogP contribution in [0.3, 0.4) is 0 Å². The number of hydrogen-bond acceptors (Lipinski definition) is 5. The van der Waals surface area contributed by atoms with Gasteiger partial charge in [0.25, 0.3) is 5.56 Å². The normalized spacial score (nSPS) is 10.6. The van der Waals surface area contributed by atoms with Crippen molar-refractivity contribution in [2.45, 2.75) is 13.1 Å². The molecule has 0 saturated carbocycles. The Bertz CT molecular complexity index is 566. The van der Waals surface area contributed by atoms with Gasteiger partial charge in [-0.3, -0.25) is 9.89 Å². The van der Waals surface area contributed by atoms with E-state index in [1.165, 1.54) is 10.9 Å². The molecule has 0 aliphatic rings. The molecule has 0 fully saturated rings. The van der Waals surface area contributed by atoms with Crippen LogP contribution in [-0.2, 0) is 13.1 Å². The molecule has 0 aliphatic carbocycles. The minimum absolute atomic E-state index is 0.125. The van der Waals surface area contributed by atoms with Crippen LogP contribution in [0.5, 0.6) is 0 Å². The molecule has 2 heterocycles. The van der Waals surface area contributed by atoms with Gasteiger partial charge < -0.3 is 10.4 Å². The zero-order valence-corrected chi connectivity index (χ0v) is 11.0. The fourth-order valence-electron chi connectivity index (χ4n) is 1.42. The summed E-state index contributed by atoms with van der Waals surface area (Å²) in [5, 5.41) is 22.5. The highest BCUT2D eigenvalue weighted by Crippen LogP contribution is 2.16. The molecule has 0 spiro atoms. The van der Waals surface area contributed by atoms with E-state index in [-0.39, 0.29) is 18.7 Å². The molecular formula is C10H12BrN5O2. The zero-order valence-electron chi connectivity index (χ0n) is 9.43. The molecule has 0 radical (unpaired) electrons. The van der Waals surface area contributed by atoms with Crippen molar-refractivity contribution < 1.29 is 5.11 Å². The Morgan fingerprint density at radius 2 is 2.39 bits per heavy atom. The molecule has 96 valence electrons. The average Bonchev–Trinajstić information content (AvgIpc) is 2.87. The molecule has 3 N–H and O–H groups in total. The Kier molecular flexibility index (Phi) is 4.11. The molecule has 2 aromatic rings. The third kappa shape index (κ3) is 2.77. The Morgan fingerprint density at radius 3 is 3.06 bits per heavy atom. The third-order valence-electron chi connectivity index (χ3n) is 2.32. The lowest BCUT2D eigenvalue weighted by Crippen LogP contribution is -2.25. The average molecular weight is 314 g/mol. The van der Waals surface area contributed by atoms with E-state index in [0.29, 0.717) is 16.7 Å². The van der Waals surface area contributed by atoms with Crippen LogP contribution in [-0.4, -0.2) is 31.7 Å². The van der Waals surface area contributed by atoms with E-state index in [4.69, 9.17) is 5.11 Å². The van der Waals surface area contributed by atoms with Crippen LogP contribution in [0, 0.1) is 0 Å². The van der Waals surface area contributed by atoms with Crippen LogP contribution in [0.4, 0.5) is 5.69 Å². The van der Waals surface area contributed by atoms with Gasteiger partial charge in [-0.1, -0.05) is 0 Å². The standard InChI is InChI=1S/C10H12BrN5O2/c11-9-8(12-5-7-1-2-13-15-7)6-14-16(3-4-17)10(9)18/h1-2,6,12,17H,3-5H2,(H,13,15). The quantitative estimate of drug-likeness (QED) is 0.739. The van der Waals surface area contributed by atoms with Gasteiger partial charge in [0.2, 0.25) is 0 Å². The molecule has 0 bridgehead atoms. The highest BCUT2D eigenvalue weighted by Gasteiger charge is 2.08. The van der Waals surface area contributed by atoms with E-state index in [9.17, 15) is 4.79 Å². The van der Waals surface area contributed by atoms with Crippen LogP contribution in [0.25, 0.3) is 0 Å². The first kappa shape index (κ1) is 12.8. The summed E-state index contributed by atoms with van der Waals surface area (Å²) >= 11 is 3.22. The Hall–Kier alpha value is -1.67. The summed E-state index contributed by atoms with van der Waals surface area (Å²) in [4.78, 5) is 11.8. The lowest BCUT2D eigenvalue weighted by atomic mass is 10.4. The van der Waals surface area contributed by atoms with Gasteiger partial charge in [0.1, 0.15) is 4.47 Å². The number of rotatable bonds is 5. The second-order valence-corrected chi connectivity index (χ2v) is 4.35. The van der Waals surface area contributed by atoms with E-state index in [1.807, 2.05) is 6.07 Å². The number of H-pyrrole nitrogens is 1.